The van der Waals surface area contributed by atoms with E-state index in [9.17, 15) is 4.79 Å². The summed E-state index contributed by atoms with van der Waals surface area (Å²) in [6, 6.07) is 10.0. The van der Waals surface area contributed by atoms with Crippen LogP contribution in [0.3, 0.4) is 0 Å². The third-order valence-electron chi connectivity index (χ3n) is 3.70. The third-order valence-corrected chi connectivity index (χ3v) is 3.70. The zero-order chi connectivity index (χ0) is 14.8. The minimum Gasteiger partial charge on any atom is -0.377 e. The lowest BCUT2D eigenvalue weighted by molar-refractivity contribution is 0.252. The van der Waals surface area contributed by atoms with E-state index in [1.54, 1.807) is 11.1 Å². The van der Waals surface area contributed by atoms with Crippen LogP contribution in [0.25, 0.3) is 0 Å². The Kier molecular flexibility index (Phi) is 3.51. The van der Waals surface area contributed by atoms with E-state index in [0.717, 1.165) is 17.1 Å². The van der Waals surface area contributed by atoms with Gasteiger partial charge in [0, 0.05) is 37.7 Å². The molecule has 1 aromatic carbocycles. The first-order valence-electron chi connectivity index (χ1n) is 7.05. The number of rotatable bonds is 4. The zero-order valence-corrected chi connectivity index (χ0v) is 12.2. The summed E-state index contributed by atoms with van der Waals surface area (Å²) in [6.07, 6.45) is 1.79. The summed E-state index contributed by atoms with van der Waals surface area (Å²) in [4.78, 5) is 13.5. The van der Waals surface area contributed by atoms with Crippen molar-refractivity contribution in [1.82, 2.24) is 15.1 Å². The molecule has 110 valence electrons. The van der Waals surface area contributed by atoms with Crippen LogP contribution in [0.5, 0.6) is 0 Å². The molecule has 1 aromatic heterocycles. The maximum atomic E-state index is 11.7. The maximum Gasteiger partial charge on any atom is 0.321 e. The van der Waals surface area contributed by atoms with E-state index in [2.05, 4.69) is 22.7 Å². The van der Waals surface area contributed by atoms with Gasteiger partial charge in [-0.15, -0.1) is 0 Å². The van der Waals surface area contributed by atoms with E-state index < -0.39 is 0 Å². The van der Waals surface area contributed by atoms with Gasteiger partial charge in [-0.3, -0.25) is 9.58 Å². The Balaban J connectivity index is 1.77. The summed E-state index contributed by atoms with van der Waals surface area (Å²) in [7, 11) is 1.93. The molecule has 1 fully saturated rings. The average Bonchev–Trinajstić information content (AvgIpc) is 3.07. The number of hydrogen-bond acceptors (Lipinski definition) is 3. The molecule has 1 unspecified atom stereocenters. The van der Waals surface area contributed by atoms with Gasteiger partial charge in [0.15, 0.2) is 0 Å². The molecule has 0 spiro atoms. The Hall–Kier alpha value is -2.50. The normalized spacial score (nSPS) is 15.9. The summed E-state index contributed by atoms with van der Waals surface area (Å²) in [5.41, 5.74) is 3.01. The van der Waals surface area contributed by atoms with Crippen LogP contribution in [-0.4, -0.2) is 28.9 Å². The van der Waals surface area contributed by atoms with Crippen LogP contribution in [0.4, 0.5) is 16.2 Å². The summed E-state index contributed by atoms with van der Waals surface area (Å²) in [5, 5.41) is 10.4. The summed E-state index contributed by atoms with van der Waals surface area (Å²) in [5.74, 6) is 0. The molecule has 21 heavy (non-hydrogen) atoms. The molecule has 0 radical (unpaired) electrons. The van der Waals surface area contributed by atoms with Gasteiger partial charge in [0.1, 0.15) is 0 Å². The second kappa shape index (κ2) is 5.47. The fourth-order valence-corrected chi connectivity index (χ4v) is 2.61. The van der Waals surface area contributed by atoms with Gasteiger partial charge in [0.25, 0.3) is 0 Å². The van der Waals surface area contributed by atoms with Crippen LogP contribution in [0, 0.1) is 0 Å². The fraction of sp³-hybridized carbons (Fsp3) is 0.333. The number of hydrogen-bond donors (Lipinski definition) is 2. The van der Waals surface area contributed by atoms with Crippen molar-refractivity contribution in [3.05, 3.63) is 42.2 Å². The third kappa shape index (κ3) is 2.69. The van der Waals surface area contributed by atoms with E-state index in [-0.39, 0.29) is 12.1 Å². The highest BCUT2D eigenvalue weighted by atomic mass is 16.2. The molecule has 3 rings (SSSR count). The topological polar surface area (TPSA) is 62.2 Å². The van der Waals surface area contributed by atoms with Crippen molar-refractivity contribution in [2.24, 2.45) is 7.05 Å². The van der Waals surface area contributed by atoms with E-state index in [4.69, 9.17) is 0 Å². The van der Waals surface area contributed by atoms with Gasteiger partial charge in [-0.25, -0.2) is 4.79 Å². The molecular formula is C15H19N5O. The lowest BCUT2D eigenvalue weighted by Gasteiger charge is -2.19. The highest BCUT2D eigenvalue weighted by Crippen LogP contribution is 2.24. The highest BCUT2D eigenvalue weighted by molar-refractivity contribution is 5.94. The number of urea groups is 1. The Morgan fingerprint density at radius 3 is 2.90 bits per heavy atom. The largest absolute Gasteiger partial charge is 0.377 e. The SMILES string of the molecule is CC(Nc1cccc(N2CCNC2=O)c1)c1ccnn1C. The molecule has 2 heterocycles. The number of aryl methyl sites for hydroxylation is 1. The van der Waals surface area contributed by atoms with Gasteiger partial charge in [-0.2, -0.15) is 5.10 Å². The standard InChI is InChI=1S/C15H19N5O/c1-11(14-6-7-17-19(14)2)18-12-4-3-5-13(10-12)20-9-8-16-15(20)21/h3-7,10-11,18H,8-9H2,1-2H3,(H,16,21). The molecule has 2 amide bonds. The van der Waals surface area contributed by atoms with E-state index >= 15 is 0 Å². The van der Waals surface area contributed by atoms with E-state index in [1.165, 1.54) is 0 Å². The van der Waals surface area contributed by atoms with E-state index in [0.29, 0.717) is 13.1 Å². The van der Waals surface area contributed by atoms with Gasteiger partial charge in [0.05, 0.1) is 11.7 Å². The minimum atomic E-state index is -0.0353. The molecule has 0 saturated carbocycles. The lowest BCUT2D eigenvalue weighted by atomic mass is 10.2. The van der Waals surface area contributed by atoms with Crippen molar-refractivity contribution in [2.75, 3.05) is 23.3 Å². The summed E-state index contributed by atoms with van der Waals surface area (Å²) < 4.78 is 1.86. The first-order valence-corrected chi connectivity index (χ1v) is 7.05. The Morgan fingerprint density at radius 2 is 2.24 bits per heavy atom. The quantitative estimate of drug-likeness (QED) is 0.904. The zero-order valence-electron chi connectivity index (χ0n) is 12.2. The van der Waals surface area contributed by atoms with E-state index in [1.807, 2.05) is 42.1 Å². The molecule has 6 heteroatoms. The highest BCUT2D eigenvalue weighted by Gasteiger charge is 2.21. The van der Waals surface area contributed by atoms with Crippen molar-refractivity contribution in [2.45, 2.75) is 13.0 Å². The smallest absolute Gasteiger partial charge is 0.321 e. The molecule has 2 N–H and O–H groups in total. The van der Waals surface area contributed by atoms with Gasteiger partial charge < -0.3 is 10.6 Å². The van der Waals surface area contributed by atoms with Crippen molar-refractivity contribution in [1.29, 1.82) is 0 Å². The van der Waals surface area contributed by atoms with Gasteiger partial charge in [0.2, 0.25) is 0 Å². The number of nitrogens with one attached hydrogen (secondary N) is 2. The van der Waals surface area contributed by atoms with Crippen LogP contribution in [0.1, 0.15) is 18.7 Å². The van der Waals surface area contributed by atoms with Gasteiger partial charge >= 0.3 is 6.03 Å². The second-order valence-electron chi connectivity index (χ2n) is 5.18. The Morgan fingerprint density at radius 1 is 1.38 bits per heavy atom. The molecule has 0 bridgehead atoms. The molecular weight excluding hydrogens is 266 g/mol. The van der Waals surface area contributed by atoms with Crippen molar-refractivity contribution >= 4 is 17.4 Å². The van der Waals surface area contributed by atoms with Crippen LogP contribution in [0.15, 0.2) is 36.5 Å². The van der Waals surface area contributed by atoms with Crippen LogP contribution >= 0.6 is 0 Å². The number of amides is 2. The lowest BCUT2D eigenvalue weighted by Crippen LogP contribution is -2.27. The van der Waals surface area contributed by atoms with Crippen LogP contribution in [0.2, 0.25) is 0 Å². The molecule has 6 nitrogen and oxygen atoms in total. The average molecular weight is 285 g/mol. The molecule has 1 atom stereocenters. The molecule has 2 aromatic rings. The second-order valence-corrected chi connectivity index (χ2v) is 5.18. The Labute approximate surface area is 123 Å². The Bertz CT molecular complexity index is 651. The number of anilines is 2. The predicted octanol–water partition coefficient (Wildman–Crippen LogP) is 2.12. The monoisotopic (exact) mass is 285 g/mol. The number of aromatic nitrogens is 2. The number of benzene rings is 1. The molecule has 1 aliphatic heterocycles. The first-order chi connectivity index (χ1) is 10.1. The molecule has 1 aliphatic rings. The minimum absolute atomic E-state index is 0.0353. The van der Waals surface area contributed by atoms with Crippen molar-refractivity contribution < 1.29 is 4.79 Å². The summed E-state index contributed by atoms with van der Waals surface area (Å²) in [6.45, 7) is 3.49. The molecule has 1 saturated heterocycles. The van der Waals surface area contributed by atoms with Crippen molar-refractivity contribution in [3.8, 4) is 0 Å². The molecule has 0 aliphatic carbocycles. The maximum absolute atomic E-state index is 11.7. The first kappa shape index (κ1) is 13.5. The fourth-order valence-electron chi connectivity index (χ4n) is 2.61. The van der Waals surface area contributed by atoms with Crippen LogP contribution in [-0.2, 0) is 7.05 Å². The van der Waals surface area contributed by atoms with Crippen LogP contribution < -0.4 is 15.5 Å². The number of nitrogens with zero attached hydrogens (tertiary/aromatic N) is 3. The van der Waals surface area contributed by atoms with Gasteiger partial charge in [-0.05, 0) is 31.2 Å². The van der Waals surface area contributed by atoms with Gasteiger partial charge in [-0.1, -0.05) is 6.07 Å². The predicted molar refractivity (Wildman–Crippen MR) is 82.4 cm³/mol. The summed E-state index contributed by atoms with van der Waals surface area (Å²) >= 11 is 0. The number of carbonyl (C=O) groups excluding carboxylic acids is 1. The number of carbonyl (C=O) groups is 1. The van der Waals surface area contributed by atoms with Crippen molar-refractivity contribution in [3.63, 3.8) is 0 Å².